The first kappa shape index (κ1) is 118. The monoisotopic (exact) mass is 2070 g/mol. The predicted molar refractivity (Wildman–Crippen MR) is 618 cm³/mol. The van der Waals surface area contributed by atoms with Gasteiger partial charge in [0.2, 0.25) is 0 Å². The number of benzene rings is 4. The lowest BCUT2D eigenvalue weighted by molar-refractivity contribution is 0.0933. The number of anilines is 3. The van der Waals surface area contributed by atoms with Crippen molar-refractivity contribution in [1.29, 1.82) is 15.8 Å². The van der Waals surface area contributed by atoms with E-state index in [1.54, 1.807) is 54.8 Å². The quantitative estimate of drug-likeness (QED) is 0.0342. The van der Waals surface area contributed by atoms with Crippen LogP contribution in [-0.4, -0.2) is 133 Å². The summed E-state index contributed by atoms with van der Waals surface area (Å²) >= 11 is 4.80. The van der Waals surface area contributed by atoms with Crippen LogP contribution in [0.15, 0.2) is 152 Å². The highest BCUT2D eigenvalue weighted by atomic mass is 32.1. The number of carbonyl (C=O) groups excluding carboxylic acids is 3. The average molecular weight is 2070 g/mol. The number of aliphatic imine (C=N–C) groups is 3. The van der Waals surface area contributed by atoms with E-state index in [0.717, 1.165) is 174 Å². The molecule has 3 aliphatic heterocycles. The second-order valence-electron chi connectivity index (χ2n) is 41.8. The van der Waals surface area contributed by atoms with Crippen LogP contribution >= 0.6 is 34.0 Å². The van der Waals surface area contributed by atoms with E-state index in [1.165, 1.54) is 152 Å². The molecule has 0 fully saturated rings. The van der Waals surface area contributed by atoms with Gasteiger partial charge in [0.25, 0.3) is 17.7 Å². The van der Waals surface area contributed by atoms with E-state index < -0.39 is 17.7 Å². The molecule has 13 rings (SSSR count). The number of rotatable bonds is 56. The molecule has 149 heavy (non-hydrogen) atoms. The molecule has 0 saturated heterocycles. The Balaban J connectivity index is 0.000000212. The van der Waals surface area contributed by atoms with Crippen molar-refractivity contribution >= 4 is 99.3 Å². The van der Waals surface area contributed by atoms with Crippen LogP contribution in [0.2, 0.25) is 0 Å². The molecule has 0 bridgehead atoms. The molecule has 0 radical (unpaired) electrons. The summed E-state index contributed by atoms with van der Waals surface area (Å²) in [6.07, 6.45) is 35.3. The van der Waals surface area contributed by atoms with Crippen LogP contribution in [0.25, 0.3) is 33.8 Å². The minimum absolute atomic E-state index is 0.0347. The maximum absolute atomic E-state index is 13.5. The molecule has 0 spiro atoms. The van der Waals surface area contributed by atoms with Crippen LogP contribution in [0.3, 0.4) is 0 Å². The normalized spacial score (nSPS) is 15.1. The number of nitrogens with zero attached hydrogens (tertiary/aromatic N) is 21. The van der Waals surface area contributed by atoms with Crippen molar-refractivity contribution in [2.45, 2.75) is 358 Å². The molecule has 0 amide bonds. The highest BCUT2D eigenvalue weighted by Crippen LogP contribution is 2.47. The first-order valence-electron chi connectivity index (χ1n) is 56.3. The molecule has 0 N–H and O–H groups in total. The van der Waals surface area contributed by atoms with Gasteiger partial charge in [-0.3, -0.25) is 14.4 Å². The van der Waals surface area contributed by atoms with Gasteiger partial charge in [0, 0.05) is 91.9 Å². The van der Waals surface area contributed by atoms with E-state index in [9.17, 15) is 30.2 Å². The fourth-order valence-corrected chi connectivity index (χ4v) is 22.6. The molecule has 0 saturated carbocycles. The number of unbranched alkanes of at least 4 members (excludes halogenated alkanes) is 6. The van der Waals surface area contributed by atoms with Gasteiger partial charge in [-0.25, -0.2) is 44.9 Å². The molecule has 9 heterocycles. The van der Waals surface area contributed by atoms with Crippen LogP contribution in [0.1, 0.15) is 383 Å². The van der Waals surface area contributed by atoms with Gasteiger partial charge < -0.3 is 14.7 Å². The number of thiazole rings is 3. The minimum Gasteiger partial charge on any atom is -0.347 e. The van der Waals surface area contributed by atoms with E-state index in [1.807, 2.05) is 18.2 Å². The Labute approximate surface area is 902 Å². The van der Waals surface area contributed by atoms with E-state index in [4.69, 9.17) is 44.9 Å². The Morgan fingerprint density at radius 1 is 0.315 bits per heavy atom. The van der Waals surface area contributed by atoms with Crippen LogP contribution in [0, 0.1) is 102 Å². The summed E-state index contributed by atoms with van der Waals surface area (Å²) in [4.78, 5) is 94.3. The van der Waals surface area contributed by atoms with Crippen molar-refractivity contribution in [2.75, 3.05) is 54.0 Å². The second kappa shape index (κ2) is 59.2. The van der Waals surface area contributed by atoms with Gasteiger partial charge in [0.1, 0.15) is 84.1 Å². The standard InChI is InChI=1S/C42H53N7OS.C41H59N7OS.C39H55N7OS/c1-7-11-16-31(9-3)27-48(28-32(10-4)17-12-8-2)42-46-38(34-23-20-29(5)21-24-34)40(51-42)45-37-30(6)35(26-43)41(50)49-39(37)44-36(47-49)25-22-33-18-14-13-15-19-33;1-9-15-17-31(13-5)26-47(27-32(14-6)18-16-10-2)41-45-37(33-22-19-28(7)20-23-33)39(50-41)44-36-29(8)34(25-42)40(49)48-38(36)43-35(46-48)24-21-30(11-3)12-4;1-9-13-15-29(11-3)24-45(25-30(12-4)16-14-10-2)39-43-35(31-20-18-27(7)19-21-31)37(48-39)42-34-28(8)32(23-40)38(47)46-36(34)41-33(44-46)22-17-26(5)6/h13-15,18-21,23-24,31-32H,7-12,16-17,22,25,27-28H2,1-6H3;19-20,22-23,30-32H,9-18,21,24,26-27H2,1-8H3;18-21,26,29-30H,9-17,22,24-25H2,1-8H3. The molecular weight excluding hydrogens is 1900 g/mol. The Bertz CT molecular complexity index is 6290. The van der Waals surface area contributed by atoms with Gasteiger partial charge in [0.15, 0.2) is 50.3 Å². The van der Waals surface area contributed by atoms with Gasteiger partial charge in [-0.2, -0.15) is 29.8 Å². The van der Waals surface area contributed by atoms with Crippen LogP contribution in [-0.2, 0) is 25.7 Å². The second-order valence-corrected chi connectivity index (χ2v) is 44.7. The smallest absolute Gasteiger partial charge is 0.291 e. The molecule has 10 aromatic rings. The van der Waals surface area contributed by atoms with Gasteiger partial charge in [0.05, 0.1) is 0 Å². The lowest BCUT2D eigenvalue weighted by Gasteiger charge is -2.30. The fourth-order valence-electron chi connectivity index (χ4n) is 19.7. The maximum atomic E-state index is 13.5. The topological polar surface area (TPSA) is 300 Å². The van der Waals surface area contributed by atoms with E-state index >= 15 is 0 Å². The van der Waals surface area contributed by atoms with E-state index in [-0.39, 0.29) is 16.7 Å². The summed E-state index contributed by atoms with van der Waals surface area (Å²) in [5.41, 5.74) is 13.3. The summed E-state index contributed by atoms with van der Waals surface area (Å²) in [7, 11) is 0. The van der Waals surface area contributed by atoms with Crippen LogP contribution in [0.5, 0.6) is 0 Å². The van der Waals surface area contributed by atoms with Crippen LogP contribution < -0.4 is 14.7 Å². The number of fused-ring (bicyclic) bond motifs is 3. The third kappa shape index (κ3) is 31.5. The SMILES string of the molecule is CCCCC(CC)CN(CC(CC)CCCC)c1nc(-c2ccc(C)cc2)c(N=C2C(C)=C(C#N)C(=O)n3nc(CCC(C)C)nc32)s1.CCCCC(CC)CN(CC(CC)CCCC)c1nc(-c2ccc(C)cc2)c(N=C2C(C)=C(C#N)C(=O)n3nc(CCC(CC)CC)nc32)s1.CCCCC(CC)CN(CC(CC)CCCC)c1nc(-c2ccc(C)cc2)c(N=C2C(C)=C(C#N)C(=O)n3nc(CCc4ccccc4)nc32)s1. The summed E-state index contributed by atoms with van der Waals surface area (Å²) < 4.78 is 3.84. The summed E-state index contributed by atoms with van der Waals surface area (Å²) in [6, 6.07) is 41.9. The lowest BCUT2D eigenvalue weighted by Crippen LogP contribution is -2.34. The molecule has 6 atom stereocenters. The zero-order valence-electron chi connectivity index (χ0n) is 93.6. The zero-order chi connectivity index (χ0) is 107. The number of nitriles is 3. The van der Waals surface area contributed by atoms with Crippen molar-refractivity contribution < 1.29 is 14.4 Å². The van der Waals surface area contributed by atoms with Gasteiger partial charge >= 0.3 is 0 Å². The predicted octanol–water partition coefficient (Wildman–Crippen LogP) is 31.4. The third-order valence-electron chi connectivity index (χ3n) is 30.0. The van der Waals surface area contributed by atoms with E-state index in [2.05, 4.69) is 265 Å². The highest BCUT2D eigenvalue weighted by Gasteiger charge is 2.39. The molecular formula is C122H167N21O3S3. The lowest BCUT2D eigenvalue weighted by atomic mass is 9.96. The minimum atomic E-state index is -0.465. The Morgan fingerprint density at radius 3 is 0.812 bits per heavy atom. The number of hydrogen-bond donors (Lipinski definition) is 0. The van der Waals surface area contributed by atoms with Crippen molar-refractivity contribution in [2.24, 2.45) is 62.3 Å². The molecule has 27 heteroatoms. The summed E-state index contributed by atoms with van der Waals surface area (Å²) in [6.45, 7) is 53.6. The third-order valence-corrected chi connectivity index (χ3v) is 33.1. The van der Waals surface area contributed by atoms with Gasteiger partial charge in [-0.15, -0.1) is 15.3 Å². The molecule has 6 aromatic heterocycles. The fraction of sp³-hybridized carbons (Fsp3) is 0.557. The van der Waals surface area contributed by atoms with E-state index in [0.29, 0.717) is 135 Å². The number of aromatic nitrogens is 12. The van der Waals surface area contributed by atoms with Crippen molar-refractivity contribution in [3.05, 3.63) is 194 Å². The first-order chi connectivity index (χ1) is 72.1. The average Bonchev–Trinajstić information content (AvgIpc) is 1.62. The number of aryl methyl sites for hydroxylation is 7. The summed E-state index contributed by atoms with van der Waals surface area (Å²) in [5.74, 6) is 6.15. The Kier molecular flexibility index (Phi) is 46.7. The van der Waals surface area contributed by atoms with Crippen LogP contribution in [0.4, 0.5) is 30.4 Å². The molecule has 24 nitrogen and oxygen atoms in total. The van der Waals surface area contributed by atoms with Crippen molar-refractivity contribution in [3.8, 4) is 52.0 Å². The number of carbonyl (C=O) groups is 3. The molecule has 0 aliphatic carbocycles. The summed E-state index contributed by atoms with van der Waals surface area (Å²) in [5, 5.41) is 49.2. The Morgan fingerprint density at radius 2 is 0.570 bits per heavy atom. The van der Waals surface area contributed by atoms with Gasteiger partial charge in [-0.05, 0) is 152 Å². The largest absolute Gasteiger partial charge is 0.347 e. The maximum Gasteiger partial charge on any atom is 0.291 e. The van der Waals surface area contributed by atoms with Crippen molar-refractivity contribution in [1.82, 2.24) is 59.2 Å². The highest BCUT2D eigenvalue weighted by molar-refractivity contribution is 7.20. The molecule has 4 aromatic carbocycles. The van der Waals surface area contributed by atoms with Gasteiger partial charge in [-0.1, -0.05) is 393 Å². The molecule has 3 aliphatic rings. The molecule has 6 unspecified atom stereocenters. The molecule has 796 valence electrons. The van der Waals surface area contributed by atoms with Crippen molar-refractivity contribution in [3.63, 3.8) is 0 Å². The zero-order valence-corrected chi connectivity index (χ0v) is 96.1. The first-order valence-corrected chi connectivity index (χ1v) is 58.7. The number of allylic oxidation sites excluding steroid dienone is 6. The number of hydrogen-bond acceptors (Lipinski definition) is 24. The Hall–Kier alpha value is -11.7.